The fourth-order valence-corrected chi connectivity index (χ4v) is 2.95. The first-order valence-electron chi connectivity index (χ1n) is 8.40. The summed E-state index contributed by atoms with van der Waals surface area (Å²) < 4.78 is 0. The average molecular weight is 348 g/mol. The van der Waals surface area contributed by atoms with Crippen molar-refractivity contribution in [2.75, 3.05) is 19.6 Å². The second kappa shape index (κ2) is 9.63. The molecule has 2 heterocycles. The van der Waals surface area contributed by atoms with Crippen LogP contribution < -0.4 is 11.0 Å². The first kappa shape index (κ1) is 18.7. The summed E-state index contributed by atoms with van der Waals surface area (Å²) in [6.45, 7) is 3.61. The third-order valence-corrected chi connectivity index (χ3v) is 4.15. The lowest BCUT2D eigenvalue weighted by molar-refractivity contribution is -0.123. The molecule has 0 radical (unpaired) electrons. The van der Waals surface area contributed by atoms with Crippen LogP contribution in [-0.4, -0.2) is 52.0 Å². The molecule has 0 bridgehead atoms. The van der Waals surface area contributed by atoms with Gasteiger partial charge >= 0.3 is 5.69 Å². The molecule has 8 nitrogen and oxygen atoms in total. The Balaban J connectivity index is 0.000000701. The molecule has 4 N–H and O–H groups in total. The Morgan fingerprint density at radius 2 is 1.92 bits per heavy atom. The summed E-state index contributed by atoms with van der Waals surface area (Å²) >= 11 is 0. The molecule has 1 aromatic heterocycles. The number of hydrogen-bond acceptors (Lipinski definition) is 4. The number of hydrogen-bond donors (Lipinski definition) is 4. The molecule has 0 spiro atoms. The number of likely N-dealkylation sites (tertiary alicyclic amines) is 1. The van der Waals surface area contributed by atoms with Gasteiger partial charge in [0.05, 0.1) is 11.0 Å². The minimum absolute atomic E-state index is 0.0851. The Morgan fingerprint density at radius 1 is 1.24 bits per heavy atom. The van der Waals surface area contributed by atoms with Gasteiger partial charge in [0, 0.05) is 13.0 Å². The van der Waals surface area contributed by atoms with Gasteiger partial charge in [0.25, 0.3) is 6.47 Å². The molecule has 1 amide bonds. The van der Waals surface area contributed by atoms with E-state index in [0.29, 0.717) is 13.0 Å². The molecule has 1 aromatic carbocycles. The highest BCUT2D eigenvalue weighted by atomic mass is 16.3. The number of rotatable bonds is 6. The smallest absolute Gasteiger partial charge is 0.323 e. The van der Waals surface area contributed by atoms with Gasteiger partial charge in [-0.15, -0.1) is 0 Å². The zero-order valence-electron chi connectivity index (χ0n) is 14.1. The highest BCUT2D eigenvalue weighted by Crippen LogP contribution is 2.10. The topological polar surface area (TPSA) is 118 Å². The van der Waals surface area contributed by atoms with E-state index in [-0.39, 0.29) is 18.1 Å². The van der Waals surface area contributed by atoms with E-state index < -0.39 is 0 Å². The molecule has 1 aliphatic rings. The molecule has 2 aromatic rings. The van der Waals surface area contributed by atoms with E-state index in [2.05, 4.69) is 20.2 Å². The van der Waals surface area contributed by atoms with Crippen LogP contribution in [0.15, 0.2) is 23.0 Å². The number of carboxylic acid groups (broad SMARTS) is 1. The van der Waals surface area contributed by atoms with Crippen LogP contribution in [0.4, 0.5) is 0 Å². The number of nitrogens with one attached hydrogen (secondary N) is 3. The maximum atomic E-state index is 11.9. The van der Waals surface area contributed by atoms with Gasteiger partial charge in [0.1, 0.15) is 0 Å². The predicted octanol–water partition coefficient (Wildman–Crippen LogP) is 1.05. The van der Waals surface area contributed by atoms with Gasteiger partial charge in [-0.05, 0) is 56.6 Å². The first-order chi connectivity index (χ1) is 12.1. The first-order valence-corrected chi connectivity index (χ1v) is 8.40. The Morgan fingerprint density at radius 3 is 2.64 bits per heavy atom. The van der Waals surface area contributed by atoms with Gasteiger partial charge < -0.3 is 25.3 Å². The highest BCUT2D eigenvalue weighted by molar-refractivity contribution is 5.77. The van der Waals surface area contributed by atoms with Crippen LogP contribution in [0, 0.1) is 0 Å². The number of H-pyrrole nitrogens is 2. The van der Waals surface area contributed by atoms with Crippen LogP contribution in [0.5, 0.6) is 0 Å². The van der Waals surface area contributed by atoms with Crippen molar-refractivity contribution in [3.05, 3.63) is 34.2 Å². The lowest BCUT2D eigenvalue weighted by atomic mass is 10.2. The minimum atomic E-state index is -0.250. The molecule has 3 rings (SSSR count). The number of carbonyl (C=O) groups excluding carboxylic acids is 1. The van der Waals surface area contributed by atoms with Crippen LogP contribution in [0.2, 0.25) is 0 Å². The van der Waals surface area contributed by atoms with E-state index in [0.717, 1.165) is 29.6 Å². The highest BCUT2D eigenvalue weighted by Gasteiger charge is 2.11. The van der Waals surface area contributed by atoms with Crippen LogP contribution in [0.3, 0.4) is 0 Å². The van der Waals surface area contributed by atoms with Crippen LogP contribution in [0.1, 0.15) is 31.2 Å². The molecule has 136 valence electrons. The van der Waals surface area contributed by atoms with E-state index in [9.17, 15) is 9.59 Å². The summed E-state index contributed by atoms with van der Waals surface area (Å²) in [5.41, 5.74) is 2.32. The zero-order chi connectivity index (χ0) is 18.1. The summed E-state index contributed by atoms with van der Waals surface area (Å²) in [5, 5.41) is 9.83. The predicted molar refractivity (Wildman–Crippen MR) is 94.4 cm³/mol. The van der Waals surface area contributed by atoms with Crippen LogP contribution in [-0.2, 0) is 16.1 Å². The number of nitrogens with zero attached hydrogens (tertiary/aromatic N) is 1. The number of aromatic amines is 2. The van der Waals surface area contributed by atoms with Crippen molar-refractivity contribution in [3.63, 3.8) is 0 Å². The Kier molecular flexibility index (Phi) is 7.21. The fraction of sp³-hybridized carbons (Fsp3) is 0.471. The Bertz CT molecular complexity index is 746. The van der Waals surface area contributed by atoms with Crippen molar-refractivity contribution in [2.45, 2.75) is 32.2 Å². The Hall–Kier alpha value is -2.61. The normalized spacial score (nSPS) is 14.1. The second-order valence-corrected chi connectivity index (χ2v) is 5.99. The van der Waals surface area contributed by atoms with Gasteiger partial charge in [0.15, 0.2) is 0 Å². The van der Waals surface area contributed by atoms with Gasteiger partial charge in [0.2, 0.25) is 5.91 Å². The van der Waals surface area contributed by atoms with Gasteiger partial charge in [-0.25, -0.2) is 4.79 Å². The second-order valence-electron chi connectivity index (χ2n) is 5.99. The number of imidazole rings is 1. The van der Waals surface area contributed by atoms with Crippen LogP contribution in [0.25, 0.3) is 11.0 Å². The third kappa shape index (κ3) is 6.07. The molecule has 0 unspecified atom stereocenters. The van der Waals surface area contributed by atoms with Crippen molar-refractivity contribution in [1.29, 1.82) is 0 Å². The van der Waals surface area contributed by atoms with Gasteiger partial charge in [-0.3, -0.25) is 9.59 Å². The van der Waals surface area contributed by atoms with Crippen molar-refractivity contribution in [3.8, 4) is 0 Å². The molecule has 8 heteroatoms. The summed E-state index contributed by atoms with van der Waals surface area (Å²) in [7, 11) is 0. The number of benzene rings is 1. The zero-order valence-corrected chi connectivity index (χ0v) is 14.1. The maximum absolute atomic E-state index is 11.9. The van der Waals surface area contributed by atoms with Crippen LogP contribution >= 0.6 is 0 Å². The van der Waals surface area contributed by atoms with Crippen molar-refractivity contribution in [2.24, 2.45) is 0 Å². The summed E-state index contributed by atoms with van der Waals surface area (Å²) in [6, 6.07) is 5.65. The Labute approximate surface area is 145 Å². The molecule has 1 aliphatic heterocycles. The molecular weight excluding hydrogens is 324 g/mol. The molecule has 0 aliphatic carbocycles. The van der Waals surface area contributed by atoms with E-state index in [4.69, 9.17) is 9.90 Å². The molecular formula is C17H24N4O4. The van der Waals surface area contributed by atoms with E-state index in [1.165, 1.54) is 25.9 Å². The number of fused-ring (bicyclic) bond motifs is 1. The van der Waals surface area contributed by atoms with Crippen molar-refractivity contribution in [1.82, 2.24) is 20.2 Å². The van der Waals surface area contributed by atoms with Gasteiger partial charge in [-0.1, -0.05) is 6.07 Å². The standard InChI is InChI=1S/C16H22N4O2.CH2O2/c21-15(4-3-9-20-7-1-2-8-20)17-11-12-5-6-13-14(10-12)19-16(22)18-13;2-1-3/h5-6,10H,1-4,7-9,11H2,(H,17,21)(H2,18,19,22);1H,(H,2,3). The number of carbonyl (C=O) groups is 2. The monoisotopic (exact) mass is 348 g/mol. The average Bonchev–Trinajstić information content (AvgIpc) is 3.21. The summed E-state index contributed by atoms with van der Waals surface area (Å²) in [5.74, 6) is 0.0851. The molecule has 1 fully saturated rings. The van der Waals surface area contributed by atoms with Crippen molar-refractivity contribution < 1.29 is 14.7 Å². The number of aromatic nitrogens is 2. The van der Waals surface area contributed by atoms with E-state index in [1.807, 2.05) is 18.2 Å². The third-order valence-electron chi connectivity index (χ3n) is 4.15. The van der Waals surface area contributed by atoms with E-state index >= 15 is 0 Å². The lowest BCUT2D eigenvalue weighted by Gasteiger charge is -2.13. The fourth-order valence-electron chi connectivity index (χ4n) is 2.95. The molecule has 25 heavy (non-hydrogen) atoms. The quantitative estimate of drug-likeness (QED) is 0.582. The lowest BCUT2D eigenvalue weighted by Crippen LogP contribution is -2.25. The molecule has 0 atom stereocenters. The van der Waals surface area contributed by atoms with Crippen molar-refractivity contribution >= 4 is 23.4 Å². The van der Waals surface area contributed by atoms with E-state index in [1.54, 1.807) is 0 Å². The molecule has 1 saturated heterocycles. The SMILES string of the molecule is O=C(CCCN1CCCC1)NCc1ccc2[nH]c(=O)[nH]c2c1.O=CO. The molecule has 0 saturated carbocycles. The minimum Gasteiger partial charge on any atom is -0.483 e. The van der Waals surface area contributed by atoms with Gasteiger partial charge in [-0.2, -0.15) is 0 Å². The largest absolute Gasteiger partial charge is 0.483 e. The maximum Gasteiger partial charge on any atom is 0.323 e. The summed E-state index contributed by atoms with van der Waals surface area (Å²) in [4.78, 5) is 39.3. The number of amides is 1. The summed E-state index contributed by atoms with van der Waals surface area (Å²) in [6.07, 6.45) is 4.06.